The molecule has 1 aromatic heterocycles. The van der Waals surface area contributed by atoms with E-state index in [-0.39, 0.29) is 12.6 Å². The molecule has 0 aliphatic carbocycles. The number of aliphatic hydroxyl groups is 1. The first kappa shape index (κ1) is 14.1. The van der Waals surface area contributed by atoms with Crippen molar-refractivity contribution < 1.29 is 14.3 Å². The van der Waals surface area contributed by atoms with Crippen molar-refractivity contribution in [2.75, 3.05) is 13.7 Å². The predicted molar refractivity (Wildman–Crippen MR) is 76.1 cm³/mol. The lowest BCUT2D eigenvalue weighted by Gasteiger charge is -2.15. The zero-order valence-electron chi connectivity index (χ0n) is 10.6. The second kappa shape index (κ2) is 6.75. The Morgan fingerprint density at radius 2 is 2.26 bits per heavy atom. The first-order valence-electron chi connectivity index (χ1n) is 5.94. The topological polar surface area (TPSA) is 54.6 Å². The number of benzene rings is 1. The van der Waals surface area contributed by atoms with Crippen molar-refractivity contribution in [1.29, 1.82) is 0 Å². The van der Waals surface area contributed by atoms with Crippen LogP contribution in [0.25, 0.3) is 0 Å². The zero-order valence-corrected chi connectivity index (χ0v) is 12.2. The largest absolute Gasteiger partial charge is 0.496 e. The monoisotopic (exact) mass is 325 g/mol. The minimum Gasteiger partial charge on any atom is -0.496 e. The summed E-state index contributed by atoms with van der Waals surface area (Å²) in [4.78, 5) is 0. The molecule has 2 aromatic rings. The van der Waals surface area contributed by atoms with Crippen LogP contribution in [0.2, 0.25) is 0 Å². The maximum absolute atomic E-state index is 9.39. The van der Waals surface area contributed by atoms with E-state index in [4.69, 9.17) is 9.15 Å². The second-order valence-corrected chi connectivity index (χ2v) is 5.00. The van der Waals surface area contributed by atoms with E-state index in [1.54, 1.807) is 19.4 Å². The van der Waals surface area contributed by atoms with Gasteiger partial charge in [-0.1, -0.05) is 15.9 Å². The molecule has 0 aliphatic heterocycles. The van der Waals surface area contributed by atoms with E-state index in [2.05, 4.69) is 21.2 Å². The van der Waals surface area contributed by atoms with Crippen LogP contribution in [-0.4, -0.2) is 18.8 Å². The number of hydrogen-bond donors (Lipinski definition) is 2. The molecule has 1 aromatic carbocycles. The lowest BCUT2D eigenvalue weighted by Crippen LogP contribution is -2.23. The van der Waals surface area contributed by atoms with Gasteiger partial charge in [-0.05, 0) is 30.3 Å². The summed E-state index contributed by atoms with van der Waals surface area (Å²) in [5.74, 6) is 1.53. The summed E-state index contributed by atoms with van der Waals surface area (Å²) in [5.41, 5.74) is 1.02. The summed E-state index contributed by atoms with van der Waals surface area (Å²) in [6.45, 7) is 0.554. The maximum atomic E-state index is 9.39. The van der Waals surface area contributed by atoms with Gasteiger partial charge in [0.2, 0.25) is 0 Å². The molecule has 4 nitrogen and oxygen atoms in total. The highest BCUT2D eigenvalue weighted by molar-refractivity contribution is 9.10. The number of methoxy groups -OCH3 is 1. The summed E-state index contributed by atoms with van der Waals surface area (Å²) in [6.07, 6.45) is 1.60. The van der Waals surface area contributed by atoms with Crippen LogP contribution in [-0.2, 0) is 6.54 Å². The van der Waals surface area contributed by atoms with Crippen LogP contribution in [0.5, 0.6) is 5.75 Å². The predicted octanol–water partition coefficient (Wildman–Crippen LogP) is 2.87. The average Bonchev–Trinajstić information content (AvgIpc) is 2.94. The molecule has 0 spiro atoms. The molecular weight excluding hydrogens is 310 g/mol. The van der Waals surface area contributed by atoms with E-state index in [1.165, 1.54) is 0 Å². The first-order valence-corrected chi connectivity index (χ1v) is 6.74. The smallest absolute Gasteiger partial charge is 0.123 e. The van der Waals surface area contributed by atoms with Crippen LogP contribution < -0.4 is 10.1 Å². The Hall–Kier alpha value is -1.30. The summed E-state index contributed by atoms with van der Waals surface area (Å²) in [7, 11) is 1.64. The third kappa shape index (κ3) is 3.59. The SMILES string of the molecule is COc1ccc(Br)cc1CNC(CO)c1ccco1. The van der Waals surface area contributed by atoms with Gasteiger partial charge in [0.1, 0.15) is 11.5 Å². The van der Waals surface area contributed by atoms with Crippen molar-refractivity contribution in [2.24, 2.45) is 0 Å². The van der Waals surface area contributed by atoms with E-state index in [1.807, 2.05) is 24.3 Å². The van der Waals surface area contributed by atoms with Crippen LogP contribution >= 0.6 is 15.9 Å². The number of furan rings is 1. The highest BCUT2D eigenvalue weighted by Crippen LogP contribution is 2.23. The molecule has 0 bridgehead atoms. The molecule has 0 saturated heterocycles. The summed E-state index contributed by atoms with van der Waals surface area (Å²) in [5, 5.41) is 12.6. The van der Waals surface area contributed by atoms with E-state index in [0.29, 0.717) is 6.54 Å². The highest BCUT2D eigenvalue weighted by Gasteiger charge is 2.13. The van der Waals surface area contributed by atoms with Gasteiger partial charge in [-0.2, -0.15) is 0 Å². The number of nitrogens with one attached hydrogen (secondary N) is 1. The lowest BCUT2D eigenvalue weighted by molar-refractivity contribution is 0.225. The number of aliphatic hydroxyl groups excluding tert-OH is 1. The molecule has 0 aliphatic rings. The fourth-order valence-electron chi connectivity index (χ4n) is 1.86. The standard InChI is InChI=1S/C14H16BrNO3/c1-18-13-5-4-11(15)7-10(13)8-16-12(9-17)14-3-2-6-19-14/h2-7,12,16-17H,8-9H2,1H3. The molecule has 0 saturated carbocycles. The molecule has 0 radical (unpaired) electrons. The molecular formula is C14H16BrNO3. The Labute approximate surface area is 120 Å². The minimum absolute atomic E-state index is 0.0240. The number of ether oxygens (including phenoxy) is 1. The van der Waals surface area contributed by atoms with Gasteiger partial charge < -0.3 is 19.6 Å². The fourth-order valence-corrected chi connectivity index (χ4v) is 2.27. The van der Waals surface area contributed by atoms with Gasteiger partial charge in [-0.15, -0.1) is 0 Å². The maximum Gasteiger partial charge on any atom is 0.123 e. The van der Waals surface area contributed by atoms with Crippen molar-refractivity contribution in [1.82, 2.24) is 5.32 Å². The van der Waals surface area contributed by atoms with Crippen molar-refractivity contribution in [3.05, 3.63) is 52.4 Å². The Bertz CT molecular complexity index is 513. The molecule has 0 fully saturated rings. The van der Waals surface area contributed by atoms with Crippen molar-refractivity contribution >= 4 is 15.9 Å². The molecule has 2 N–H and O–H groups in total. The van der Waals surface area contributed by atoms with E-state index in [0.717, 1.165) is 21.5 Å². The number of halogens is 1. The Kier molecular flexibility index (Phi) is 5.01. The molecule has 1 atom stereocenters. The average molecular weight is 326 g/mol. The molecule has 1 heterocycles. The molecule has 1 unspecified atom stereocenters. The number of hydrogen-bond acceptors (Lipinski definition) is 4. The van der Waals surface area contributed by atoms with Gasteiger partial charge in [0, 0.05) is 16.6 Å². The van der Waals surface area contributed by atoms with E-state index in [9.17, 15) is 5.11 Å². The first-order chi connectivity index (χ1) is 9.24. The summed E-state index contributed by atoms with van der Waals surface area (Å²) in [6, 6.07) is 9.24. The summed E-state index contributed by atoms with van der Waals surface area (Å²) < 4.78 is 11.6. The molecule has 2 rings (SSSR count). The molecule has 102 valence electrons. The quantitative estimate of drug-likeness (QED) is 0.857. The molecule has 0 amide bonds. The van der Waals surface area contributed by atoms with Gasteiger partial charge >= 0.3 is 0 Å². The van der Waals surface area contributed by atoms with Crippen molar-refractivity contribution in [2.45, 2.75) is 12.6 Å². The molecule has 5 heteroatoms. The Balaban J connectivity index is 2.07. The van der Waals surface area contributed by atoms with Gasteiger partial charge in [0.15, 0.2) is 0 Å². The zero-order chi connectivity index (χ0) is 13.7. The Morgan fingerprint density at radius 3 is 2.89 bits per heavy atom. The lowest BCUT2D eigenvalue weighted by atomic mass is 10.1. The van der Waals surface area contributed by atoms with Gasteiger partial charge in [-0.3, -0.25) is 0 Å². The van der Waals surface area contributed by atoms with Crippen LogP contribution in [0.1, 0.15) is 17.4 Å². The van der Waals surface area contributed by atoms with Crippen LogP contribution in [0.15, 0.2) is 45.5 Å². The van der Waals surface area contributed by atoms with E-state index >= 15 is 0 Å². The second-order valence-electron chi connectivity index (χ2n) is 4.09. The summed E-state index contributed by atoms with van der Waals surface area (Å²) >= 11 is 3.44. The Morgan fingerprint density at radius 1 is 1.42 bits per heavy atom. The van der Waals surface area contributed by atoms with Crippen molar-refractivity contribution in [3.63, 3.8) is 0 Å². The molecule has 19 heavy (non-hydrogen) atoms. The van der Waals surface area contributed by atoms with Gasteiger partial charge in [0.05, 0.1) is 26.0 Å². The minimum atomic E-state index is -0.223. The van der Waals surface area contributed by atoms with Crippen LogP contribution in [0.3, 0.4) is 0 Å². The van der Waals surface area contributed by atoms with Crippen molar-refractivity contribution in [3.8, 4) is 5.75 Å². The normalized spacial score (nSPS) is 12.4. The van der Waals surface area contributed by atoms with Crippen LogP contribution in [0.4, 0.5) is 0 Å². The fraction of sp³-hybridized carbons (Fsp3) is 0.286. The van der Waals surface area contributed by atoms with Crippen LogP contribution in [0, 0.1) is 0 Å². The van der Waals surface area contributed by atoms with Gasteiger partial charge in [-0.25, -0.2) is 0 Å². The third-order valence-corrected chi connectivity index (χ3v) is 3.34. The number of rotatable bonds is 6. The van der Waals surface area contributed by atoms with Gasteiger partial charge in [0.25, 0.3) is 0 Å². The highest BCUT2D eigenvalue weighted by atomic mass is 79.9. The third-order valence-electron chi connectivity index (χ3n) is 2.85. The van der Waals surface area contributed by atoms with E-state index < -0.39 is 0 Å².